The first-order chi connectivity index (χ1) is 7.79. The summed E-state index contributed by atoms with van der Waals surface area (Å²) in [6.07, 6.45) is 2.39. The van der Waals surface area contributed by atoms with E-state index >= 15 is 0 Å². The molecule has 16 heavy (non-hydrogen) atoms. The maximum Gasteiger partial charge on any atom is 0.0619 e. The van der Waals surface area contributed by atoms with Crippen molar-refractivity contribution in [2.24, 2.45) is 0 Å². The zero-order valence-corrected chi connectivity index (χ0v) is 10.2. The summed E-state index contributed by atoms with van der Waals surface area (Å²) in [4.78, 5) is 0. The van der Waals surface area contributed by atoms with Gasteiger partial charge in [0.2, 0.25) is 0 Å². The van der Waals surface area contributed by atoms with Gasteiger partial charge in [0, 0.05) is 25.7 Å². The lowest BCUT2D eigenvalue weighted by Gasteiger charge is -2.23. The summed E-state index contributed by atoms with van der Waals surface area (Å²) in [7, 11) is 0. The third-order valence-electron chi connectivity index (χ3n) is 3.02. The van der Waals surface area contributed by atoms with Gasteiger partial charge in [0.1, 0.15) is 0 Å². The first-order valence-corrected chi connectivity index (χ1v) is 6.14. The van der Waals surface area contributed by atoms with E-state index in [-0.39, 0.29) is 0 Å². The lowest BCUT2D eigenvalue weighted by atomic mass is 10.1. The molecule has 0 aliphatic carbocycles. The molecule has 1 aliphatic rings. The van der Waals surface area contributed by atoms with Crippen molar-refractivity contribution in [3.05, 3.63) is 17.5 Å². The molecular weight excluding hydrogens is 202 g/mol. The van der Waals surface area contributed by atoms with Crippen LogP contribution < -0.4 is 5.32 Å². The molecule has 1 aromatic rings. The smallest absolute Gasteiger partial charge is 0.0619 e. The Balaban J connectivity index is 1.87. The average molecular weight is 223 g/mol. The number of aryl methyl sites for hydroxylation is 2. The van der Waals surface area contributed by atoms with Crippen LogP contribution in [0, 0.1) is 6.92 Å². The van der Waals surface area contributed by atoms with Crippen molar-refractivity contribution in [1.82, 2.24) is 15.1 Å². The van der Waals surface area contributed by atoms with Gasteiger partial charge < -0.3 is 10.1 Å². The quantitative estimate of drug-likeness (QED) is 0.840. The lowest BCUT2D eigenvalue weighted by molar-refractivity contribution is 0.0697. The Kier molecular flexibility index (Phi) is 3.96. The van der Waals surface area contributed by atoms with Crippen molar-refractivity contribution >= 4 is 0 Å². The molecule has 1 fully saturated rings. The first-order valence-electron chi connectivity index (χ1n) is 6.14. The van der Waals surface area contributed by atoms with E-state index in [0.717, 1.165) is 32.0 Å². The Morgan fingerprint density at radius 2 is 2.50 bits per heavy atom. The van der Waals surface area contributed by atoms with Gasteiger partial charge in [-0.2, -0.15) is 5.10 Å². The van der Waals surface area contributed by atoms with Crippen molar-refractivity contribution in [3.8, 4) is 0 Å². The summed E-state index contributed by atoms with van der Waals surface area (Å²) >= 11 is 0. The van der Waals surface area contributed by atoms with E-state index in [9.17, 15) is 0 Å². The first kappa shape index (κ1) is 11.6. The van der Waals surface area contributed by atoms with Crippen LogP contribution in [0.1, 0.15) is 31.2 Å². The molecule has 0 bridgehead atoms. The Morgan fingerprint density at radius 1 is 1.62 bits per heavy atom. The SMILES string of the molecule is CCn1nc(C)cc1CNC1CCCOC1. The highest BCUT2D eigenvalue weighted by atomic mass is 16.5. The minimum atomic E-state index is 0.509. The Morgan fingerprint density at radius 3 is 3.19 bits per heavy atom. The second-order valence-corrected chi connectivity index (χ2v) is 4.39. The highest BCUT2D eigenvalue weighted by Gasteiger charge is 2.13. The summed E-state index contributed by atoms with van der Waals surface area (Å²) in [5.41, 5.74) is 2.36. The topological polar surface area (TPSA) is 39.1 Å². The monoisotopic (exact) mass is 223 g/mol. The maximum absolute atomic E-state index is 5.45. The van der Waals surface area contributed by atoms with Gasteiger partial charge >= 0.3 is 0 Å². The molecule has 2 rings (SSSR count). The van der Waals surface area contributed by atoms with Crippen molar-refractivity contribution in [2.45, 2.75) is 45.8 Å². The maximum atomic E-state index is 5.45. The number of nitrogens with zero attached hydrogens (tertiary/aromatic N) is 2. The van der Waals surface area contributed by atoms with Crippen LogP contribution in [0.3, 0.4) is 0 Å². The van der Waals surface area contributed by atoms with Crippen LogP contribution >= 0.6 is 0 Å². The second kappa shape index (κ2) is 5.46. The molecule has 1 aliphatic heterocycles. The second-order valence-electron chi connectivity index (χ2n) is 4.39. The van der Waals surface area contributed by atoms with Gasteiger partial charge in [-0.15, -0.1) is 0 Å². The van der Waals surface area contributed by atoms with Crippen LogP contribution in [0.25, 0.3) is 0 Å². The predicted molar refractivity (Wildman–Crippen MR) is 63.3 cm³/mol. The molecule has 1 unspecified atom stereocenters. The fourth-order valence-corrected chi connectivity index (χ4v) is 2.17. The lowest BCUT2D eigenvalue weighted by Crippen LogP contribution is -2.36. The molecule has 0 radical (unpaired) electrons. The largest absolute Gasteiger partial charge is 0.380 e. The number of hydrogen-bond acceptors (Lipinski definition) is 3. The van der Waals surface area contributed by atoms with Crippen molar-refractivity contribution < 1.29 is 4.74 Å². The molecule has 4 heteroatoms. The third-order valence-corrected chi connectivity index (χ3v) is 3.02. The molecule has 0 amide bonds. The Labute approximate surface area is 97.0 Å². The van der Waals surface area contributed by atoms with Gasteiger partial charge in [-0.1, -0.05) is 0 Å². The molecular formula is C12H21N3O. The van der Waals surface area contributed by atoms with Gasteiger partial charge in [-0.3, -0.25) is 4.68 Å². The minimum absolute atomic E-state index is 0.509. The summed E-state index contributed by atoms with van der Waals surface area (Å²) in [6.45, 7) is 7.76. The molecule has 0 saturated carbocycles. The highest BCUT2D eigenvalue weighted by Crippen LogP contribution is 2.08. The highest BCUT2D eigenvalue weighted by molar-refractivity contribution is 5.08. The van der Waals surface area contributed by atoms with E-state index < -0.39 is 0 Å². The number of rotatable bonds is 4. The summed E-state index contributed by atoms with van der Waals surface area (Å²) in [5, 5.41) is 7.98. The molecule has 0 aromatic carbocycles. The third kappa shape index (κ3) is 2.83. The molecule has 1 saturated heterocycles. The van der Waals surface area contributed by atoms with E-state index in [1.807, 2.05) is 6.92 Å². The van der Waals surface area contributed by atoms with Gasteiger partial charge in [-0.05, 0) is 32.8 Å². The minimum Gasteiger partial charge on any atom is -0.380 e. The molecule has 90 valence electrons. The van der Waals surface area contributed by atoms with E-state index in [1.54, 1.807) is 0 Å². The van der Waals surface area contributed by atoms with Crippen molar-refractivity contribution in [1.29, 1.82) is 0 Å². The molecule has 0 spiro atoms. The van der Waals surface area contributed by atoms with Crippen molar-refractivity contribution in [3.63, 3.8) is 0 Å². The number of hydrogen-bond donors (Lipinski definition) is 1. The summed E-state index contributed by atoms with van der Waals surface area (Å²) < 4.78 is 7.51. The van der Waals surface area contributed by atoms with Gasteiger partial charge in [0.05, 0.1) is 18.0 Å². The zero-order chi connectivity index (χ0) is 11.4. The van der Waals surface area contributed by atoms with E-state index in [1.165, 1.54) is 18.5 Å². The molecule has 1 aromatic heterocycles. The van der Waals surface area contributed by atoms with Crippen LogP contribution in [0.2, 0.25) is 0 Å². The Hall–Kier alpha value is -0.870. The van der Waals surface area contributed by atoms with Gasteiger partial charge in [0.15, 0.2) is 0 Å². The molecule has 2 heterocycles. The summed E-state index contributed by atoms with van der Waals surface area (Å²) in [6, 6.07) is 2.66. The van der Waals surface area contributed by atoms with Crippen LogP contribution in [0.5, 0.6) is 0 Å². The normalized spacial score (nSPS) is 21.2. The number of nitrogens with one attached hydrogen (secondary N) is 1. The number of aromatic nitrogens is 2. The molecule has 1 atom stereocenters. The van der Waals surface area contributed by atoms with E-state index in [0.29, 0.717) is 6.04 Å². The van der Waals surface area contributed by atoms with Gasteiger partial charge in [0.25, 0.3) is 0 Å². The van der Waals surface area contributed by atoms with Crippen LogP contribution in [-0.4, -0.2) is 29.0 Å². The van der Waals surface area contributed by atoms with Crippen LogP contribution in [-0.2, 0) is 17.8 Å². The fourth-order valence-electron chi connectivity index (χ4n) is 2.17. The standard InChI is InChI=1S/C12H21N3O/c1-3-15-12(7-10(2)14-15)8-13-11-5-4-6-16-9-11/h7,11,13H,3-6,8-9H2,1-2H3. The van der Waals surface area contributed by atoms with Crippen LogP contribution in [0.15, 0.2) is 6.07 Å². The predicted octanol–water partition coefficient (Wildman–Crippen LogP) is 1.48. The summed E-state index contributed by atoms with van der Waals surface area (Å²) in [5.74, 6) is 0. The zero-order valence-electron chi connectivity index (χ0n) is 10.2. The fraction of sp³-hybridized carbons (Fsp3) is 0.750. The molecule has 1 N–H and O–H groups in total. The van der Waals surface area contributed by atoms with Gasteiger partial charge in [-0.25, -0.2) is 0 Å². The average Bonchev–Trinajstić information content (AvgIpc) is 2.68. The van der Waals surface area contributed by atoms with Crippen molar-refractivity contribution in [2.75, 3.05) is 13.2 Å². The number of ether oxygens (including phenoxy) is 1. The van der Waals surface area contributed by atoms with E-state index in [4.69, 9.17) is 4.74 Å². The van der Waals surface area contributed by atoms with E-state index in [2.05, 4.69) is 28.1 Å². The van der Waals surface area contributed by atoms with Crippen LogP contribution in [0.4, 0.5) is 0 Å². The Bertz CT molecular complexity index is 329. The molecule has 4 nitrogen and oxygen atoms in total.